The number of ether oxygens (including phenoxy) is 2. The molecule has 1 aliphatic rings. The van der Waals surface area contributed by atoms with Gasteiger partial charge in [0.25, 0.3) is 5.56 Å². The molecule has 0 unspecified atom stereocenters. The average Bonchev–Trinajstić information content (AvgIpc) is 3.05. The number of hydrogen-bond acceptors (Lipinski definition) is 5. The van der Waals surface area contributed by atoms with Gasteiger partial charge in [0.2, 0.25) is 0 Å². The molecule has 3 aromatic rings. The third kappa shape index (κ3) is 3.46. The van der Waals surface area contributed by atoms with Crippen LogP contribution in [0.5, 0.6) is 11.5 Å². The molecule has 6 heteroatoms. The van der Waals surface area contributed by atoms with Crippen molar-refractivity contribution in [2.75, 3.05) is 13.7 Å². The molecule has 2 heterocycles. The molecule has 1 N–H and O–H groups in total. The molecule has 0 saturated carbocycles. The lowest BCUT2D eigenvalue weighted by Gasteiger charge is -2.13. The molecule has 0 fully saturated rings. The fourth-order valence-corrected chi connectivity index (χ4v) is 4.75. The number of nitrogens with one attached hydrogen (secondary N) is 1. The summed E-state index contributed by atoms with van der Waals surface area (Å²) in [6.45, 7) is 4.83. The molecule has 2 aromatic heterocycles. The Labute approximate surface area is 162 Å². The molecule has 4 rings (SSSR count). The number of nitrogens with zero attached hydrogens (tertiary/aromatic N) is 1. The number of aromatic nitrogens is 2. The number of fused-ring (bicyclic) bond motifs is 3. The van der Waals surface area contributed by atoms with Crippen molar-refractivity contribution in [2.24, 2.45) is 5.92 Å². The number of H-pyrrole nitrogens is 1. The number of benzene rings is 1. The average molecular weight is 385 g/mol. The highest BCUT2D eigenvalue weighted by molar-refractivity contribution is 7.18. The first-order valence-corrected chi connectivity index (χ1v) is 10.2. The number of aryl methyl sites for hydroxylation is 2. The molecule has 1 aliphatic carbocycles. The summed E-state index contributed by atoms with van der Waals surface area (Å²) in [4.78, 5) is 22.6. The molecule has 0 aliphatic heterocycles. The van der Waals surface area contributed by atoms with Gasteiger partial charge in [0, 0.05) is 10.4 Å². The highest BCUT2D eigenvalue weighted by Crippen LogP contribution is 2.35. The van der Waals surface area contributed by atoms with Crippen molar-refractivity contribution in [3.8, 4) is 22.9 Å². The van der Waals surface area contributed by atoms with E-state index in [9.17, 15) is 4.79 Å². The first kappa shape index (κ1) is 18.0. The van der Waals surface area contributed by atoms with Crippen molar-refractivity contribution in [1.29, 1.82) is 0 Å². The zero-order valence-electron chi connectivity index (χ0n) is 15.9. The van der Waals surface area contributed by atoms with Gasteiger partial charge in [-0.2, -0.15) is 0 Å². The van der Waals surface area contributed by atoms with Crippen LogP contribution in [-0.4, -0.2) is 23.7 Å². The molecular formula is C21H24N2O3S. The summed E-state index contributed by atoms with van der Waals surface area (Å²) in [6, 6.07) is 5.66. The van der Waals surface area contributed by atoms with Gasteiger partial charge in [-0.15, -0.1) is 11.3 Å². The van der Waals surface area contributed by atoms with Gasteiger partial charge in [-0.25, -0.2) is 4.98 Å². The predicted octanol–water partition coefficient (Wildman–Crippen LogP) is 4.57. The second-order valence-corrected chi connectivity index (χ2v) is 8.46. The van der Waals surface area contributed by atoms with Gasteiger partial charge in [-0.05, 0) is 55.4 Å². The van der Waals surface area contributed by atoms with Crippen LogP contribution in [0.1, 0.15) is 37.1 Å². The highest BCUT2D eigenvalue weighted by atomic mass is 32.1. The van der Waals surface area contributed by atoms with Gasteiger partial charge in [0.15, 0.2) is 11.5 Å². The van der Waals surface area contributed by atoms with Gasteiger partial charge in [-0.1, -0.05) is 13.8 Å². The second-order valence-electron chi connectivity index (χ2n) is 7.38. The van der Waals surface area contributed by atoms with E-state index in [4.69, 9.17) is 14.5 Å². The van der Waals surface area contributed by atoms with E-state index >= 15 is 0 Å². The van der Waals surface area contributed by atoms with Crippen LogP contribution in [0.25, 0.3) is 21.6 Å². The van der Waals surface area contributed by atoms with Crippen molar-refractivity contribution in [1.82, 2.24) is 9.97 Å². The number of hydrogen-bond donors (Lipinski definition) is 1. The van der Waals surface area contributed by atoms with E-state index in [-0.39, 0.29) is 5.56 Å². The highest BCUT2D eigenvalue weighted by Gasteiger charge is 2.20. The van der Waals surface area contributed by atoms with Crippen LogP contribution >= 0.6 is 11.3 Å². The lowest BCUT2D eigenvalue weighted by molar-refractivity contribution is 0.257. The zero-order chi connectivity index (χ0) is 19.0. The minimum Gasteiger partial charge on any atom is -0.493 e. The van der Waals surface area contributed by atoms with Gasteiger partial charge in [0.1, 0.15) is 10.7 Å². The second kappa shape index (κ2) is 7.35. The Morgan fingerprint density at radius 1 is 1.22 bits per heavy atom. The third-order valence-corrected chi connectivity index (χ3v) is 6.02. The van der Waals surface area contributed by atoms with Crippen LogP contribution in [0.4, 0.5) is 0 Å². The third-order valence-electron chi connectivity index (χ3n) is 4.83. The van der Waals surface area contributed by atoms with E-state index in [1.54, 1.807) is 18.4 Å². The maximum absolute atomic E-state index is 12.8. The van der Waals surface area contributed by atoms with Crippen molar-refractivity contribution in [2.45, 2.75) is 39.5 Å². The maximum Gasteiger partial charge on any atom is 0.260 e. The fraction of sp³-hybridized carbons (Fsp3) is 0.429. The Balaban J connectivity index is 1.74. The molecular weight excluding hydrogens is 360 g/mol. The Bertz CT molecular complexity index is 1040. The molecule has 0 bridgehead atoms. The van der Waals surface area contributed by atoms with Crippen LogP contribution in [0.3, 0.4) is 0 Å². The molecule has 0 radical (unpaired) electrons. The van der Waals surface area contributed by atoms with E-state index in [0.717, 1.165) is 35.0 Å². The first-order valence-electron chi connectivity index (χ1n) is 9.42. The summed E-state index contributed by atoms with van der Waals surface area (Å²) in [6.07, 6.45) is 4.38. The lowest BCUT2D eigenvalue weighted by Crippen LogP contribution is -2.11. The molecule has 1 aromatic carbocycles. The Kier molecular flexibility index (Phi) is 4.91. The van der Waals surface area contributed by atoms with Crippen molar-refractivity contribution in [3.05, 3.63) is 39.0 Å². The number of aromatic amines is 1. The summed E-state index contributed by atoms with van der Waals surface area (Å²) >= 11 is 1.66. The number of methoxy groups -OCH3 is 1. The number of rotatable bonds is 5. The Morgan fingerprint density at radius 2 is 2.04 bits per heavy atom. The SMILES string of the molecule is COc1cc(-c2nc3sc4c(c3c(=O)[nH]2)CCCC4)ccc1OCC(C)C. The van der Waals surface area contributed by atoms with E-state index in [0.29, 0.717) is 29.8 Å². The van der Waals surface area contributed by atoms with Crippen molar-refractivity contribution >= 4 is 21.6 Å². The van der Waals surface area contributed by atoms with Gasteiger partial charge in [0.05, 0.1) is 19.1 Å². The summed E-state index contributed by atoms with van der Waals surface area (Å²) in [5, 5.41) is 0.780. The quantitative estimate of drug-likeness (QED) is 0.700. The molecule has 27 heavy (non-hydrogen) atoms. The standard InChI is InChI=1S/C21H24N2O3S/c1-12(2)11-26-15-9-8-13(10-16(15)25-3)19-22-20(24)18-14-6-4-5-7-17(14)27-21(18)23-19/h8-10,12H,4-7,11H2,1-3H3,(H,22,23,24). The molecule has 0 spiro atoms. The minimum absolute atomic E-state index is 0.0477. The summed E-state index contributed by atoms with van der Waals surface area (Å²) in [5.74, 6) is 2.34. The smallest absolute Gasteiger partial charge is 0.260 e. The van der Waals surface area contributed by atoms with E-state index in [1.807, 2.05) is 18.2 Å². The zero-order valence-corrected chi connectivity index (χ0v) is 16.7. The molecule has 0 saturated heterocycles. The van der Waals surface area contributed by atoms with Gasteiger partial charge < -0.3 is 14.5 Å². The monoisotopic (exact) mass is 384 g/mol. The van der Waals surface area contributed by atoms with E-state index in [2.05, 4.69) is 18.8 Å². The number of thiophene rings is 1. The summed E-state index contributed by atoms with van der Waals surface area (Å²) in [7, 11) is 1.62. The van der Waals surface area contributed by atoms with Crippen molar-refractivity contribution < 1.29 is 9.47 Å². The Hall–Kier alpha value is -2.34. The van der Waals surface area contributed by atoms with Gasteiger partial charge >= 0.3 is 0 Å². The summed E-state index contributed by atoms with van der Waals surface area (Å²) < 4.78 is 11.3. The van der Waals surface area contributed by atoms with Gasteiger partial charge in [-0.3, -0.25) is 4.79 Å². The fourth-order valence-electron chi connectivity index (χ4n) is 3.49. The van der Waals surface area contributed by atoms with E-state index in [1.165, 1.54) is 16.9 Å². The van der Waals surface area contributed by atoms with Crippen LogP contribution < -0.4 is 15.0 Å². The lowest BCUT2D eigenvalue weighted by atomic mass is 9.97. The molecule has 142 valence electrons. The van der Waals surface area contributed by atoms with Crippen LogP contribution in [0.2, 0.25) is 0 Å². The van der Waals surface area contributed by atoms with Crippen molar-refractivity contribution in [3.63, 3.8) is 0 Å². The normalized spacial score (nSPS) is 13.8. The Morgan fingerprint density at radius 3 is 2.81 bits per heavy atom. The largest absolute Gasteiger partial charge is 0.493 e. The predicted molar refractivity (Wildman–Crippen MR) is 109 cm³/mol. The minimum atomic E-state index is -0.0477. The molecule has 0 amide bonds. The summed E-state index contributed by atoms with van der Waals surface area (Å²) in [5.41, 5.74) is 1.97. The van der Waals surface area contributed by atoms with E-state index < -0.39 is 0 Å². The molecule has 5 nitrogen and oxygen atoms in total. The first-order chi connectivity index (χ1) is 13.1. The van der Waals surface area contributed by atoms with Crippen LogP contribution in [-0.2, 0) is 12.8 Å². The molecule has 0 atom stereocenters. The topological polar surface area (TPSA) is 64.2 Å². The maximum atomic E-state index is 12.8. The van der Waals surface area contributed by atoms with Crippen LogP contribution in [0, 0.1) is 5.92 Å². The van der Waals surface area contributed by atoms with Crippen LogP contribution in [0.15, 0.2) is 23.0 Å².